The lowest BCUT2D eigenvalue weighted by Gasteiger charge is -2.32. The number of likely N-dealkylation sites (tertiary alicyclic amines) is 1. The monoisotopic (exact) mass is 442 g/mol. The van der Waals surface area contributed by atoms with Crippen LogP contribution in [0.25, 0.3) is 11.1 Å². The summed E-state index contributed by atoms with van der Waals surface area (Å²) in [7, 11) is 0. The second-order valence-electron chi connectivity index (χ2n) is 7.60. The van der Waals surface area contributed by atoms with Gasteiger partial charge in [0.05, 0.1) is 6.04 Å². The second-order valence-corrected chi connectivity index (χ2v) is 7.60. The number of aryl methyl sites for hydroxylation is 1. The van der Waals surface area contributed by atoms with E-state index in [9.17, 15) is 9.59 Å². The molecule has 4 heterocycles. The third-order valence-corrected chi connectivity index (χ3v) is 5.47. The Morgan fingerprint density at radius 3 is 2.86 bits per heavy atom. The number of piperidine rings is 1. The van der Waals surface area contributed by atoms with E-state index in [4.69, 9.17) is 4.42 Å². The summed E-state index contributed by atoms with van der Waals surface area (Å²) < 4.78 is 5.71. The van der Waals surface area contributed by atoms with Crippen molar-refractivity contribution in [1.82, 2.24) is 20.5 Å². The van der Waals surface area contributed by atoms with Crippen molar-refractivity contribution in [2.24, 2.45) is 5.92 Å². The molecule has 9 heteroatoms. The lowest BCUT2D eigenvalue weighted by Crippen LogP contribution is -2.46. The molecule has 29 heavy (non-hydrogen) atoms. The maximum atomic E-state index is 12.9. The maximum Gasteiger partial charge on any atom is 0.289 e. The zero-order valence-electron chi connectivity index (χ0n) is 16.5. The molecule has 0 radical (unpaired) electrons. The molecule has 0 bridgehead atoms. The second kappa shape index (κ2) is 10.3. The molecule has 2 fully saturated rings. The lowest BCUT2D eigenvalue weighted by atomic mass is 9.97. The van der Waals surface area contributed by atoms with Crippen molar-refractivity contribution >= 4 is 47.7 Å². The minimum absolute atomic E-state index is 0. The smallest absolute Gasteiger partial charge is 0.289 e. The highest BCUT2D eigenvalue weighted by molar-refractivity contribution is 5.95. The molecule has 0 aliphatic carbocycles. The Morgan fingerprint density at radius 1 is 1.28 bits per heavy atom. The summed E-state index contributed by atoms with van der Waals surface area (Å²) in [6, 6.07) is 5.39. The molecule has 0 saturated carbocycles. The largest absolute Gasteiger partial charge is 0.449 e. The summed E-state index contributed by atoms with van der Waals surface area (Å²) in [6.45, 7) is 4.80. The molecule has 4 rings (SSSR count). The molecular formula is C20H28Cl2N4O3. The SMILES string of the molecule is Cc1ccc2oc(C(=O)N3CCCC(CNC(=O)C4CCCN4)C3)cc2n1.Cl.Cl. The van der Waals surface area contributed by atoms with E-state index in [0.717, 1.165) is 44.5 Å². The molecule has 7 nitrogen and oxygen atoms in total. The quantitative estimate of drug-likeness (QED) is 0.759. The number of aromatic nitrogens is 1. The zero-order valence-corrected chi connectivity index (χ0v) is 18.1. The Labute approximate surface area is 182 Å². The minimum atomic E-state index is -0.0980. The van der Waals surface area contributed by atoms with Crippen LogP contribution in [-0.4, -0.2) is 53.9 Å². The summed E-state index contributed by atoms with van der Waals surface area (Å²) in [6.07, 6.45) is 3.91. The van der Waals surface area contributed by atoms with Crippen LogP contribution >= 0.6 is 24.8 Å². The van der Waals surface area contributed by atoms with Gasteiger partial charge in [-0.2, -0.15) is 0 Å². The Morgan fingerprint density at radius 2 is 2.10 bits per heavy atom. The van der Waals surface area contributed by atoms with Gasteiger partial charge in [-0.1, -0.05) is 0 Å². The van der Waals surface area contributed by atoms with Crippen molar-refractivity contribution in [3.05, 3.63) is 29.7 Å². The Kier molecular flexibility index (Phi) is 8.31. The first-order valence-electron chi connectivity index (χ1n) is 9.78. The molecule has 2 saturated heterocycles. The van der Waals surface area contributed by atoms with Gasteiger partial charge in [0.25, 0.3) is 5.91 Å². The first kappa shape index (κ1) is 23.4. The van der Waals surface area contributed by atoms with Crippen LogP contribution in [0.4, 0.5) is 0 Å². The molecular weight excluding hydrogens is 415 g/mol. The molecule has 2 atom stereocenters. The highest BCUT2D eigenvalue weighted by atomic mass is 35.5. The third-order valence-electron chi connectivity index (χ3n) is 5.47. The molecule has 2 aliphatic heterocycles. The number of nitrogens with one attached hydrogen (secondary N) is 2. The highest BCUT2D eigenvalue weighted by Crippen LogP contribution is 2.22. The molecule has 2 aromatic rings. The van der Waals surface area contributed by atoms with E-state index in [1.165, 1.54) is 0 Å². The fraction of sp³-hybridized carbons (Fsp3) is 0.550. The van der Waals surface area contributed by atoms with Crippen molar-refractivity contribution in [2.45, 2.75) is 38.6 Å². The first-order valence-corrected chi connectivity index (χ1v) is 9.78. The van der Waals surface area contributed by atoms with Crippen LogP contribution in [0, 0.1) is 12.8 Å². The van der Waals surface area contributed by atoms with Gasteiger partial charge < -0.3 is 20.0 Å². The Hall–Kier alpha value is -1.83. The normalized spacial score (nSPS) is 21.3. The van der Waals surface area contributed by atoms with E-state index in [1.54, 1.807) is 6.07 Å². The fourth-order valence-corrected chi connectivity index (χ4v) is 3.98. The van der Waals surface area contributed by atoms with Crippen molar-refractivity contribution in [3.8, 4) is 0 Å². The number of carbonyl (C=O) groups excluding carboxylic acids is 2. The van der Waals surface area contributed by atoms with Crippen molar-refractivity contribution < 1.29 is 14.0 Å². The van der Waals surface area contributed by atoms with Gasteiger partial charge in [-0.05, 0) is 57.2 Å². The van der Waals surface area contributed by atoms with E-state index < -0.39 is 0 Å². The van der Waals surface area contributed by atoms with Crippen LogP contribution < -0.4 is 10.6 Å². The molecule has 2 aromatic heterocycles. The highest BCUT2D eigenvalue weighted by Gasteiger charge is 2.28. The number of nitrogens with zero attached hydrogens (tertiary/aromatic N) is 2. The van der Waals surface area contributed by atoms with Gasteiger partial charge in [0.15, 0.2) is 11.3 Å². The topological polar surface area (TPSA) is 87.5 Å². The van der Waals surface area contributed by atoms with Gasteiger partial charge in [0, 0.05) is 31.4 Å². The van der Waals surface area contributed by atoms with Crippen LogP contribution in [0.2, 0.25) is 0 Å². The molecule has 0 spiro atoms. The molecule has 160 valence electrons. The molecule has 2 N–H and O–H groups in total. The average molecular weight is 443 g/mol. The van der Waals surface area contributed by atoms with Crippen LogP contribution in [0.3, 0.4) is 0 Å². The lowest BCUT2D eigenvalue weighted by molar-refractivity contribution is -0.123. The number of fused-ring (bicyclic) bond motifs is 1. The van der Waals surface area contributed by atoms with E-state index in [0.29, 0.717) is 29.9 Å². The van der Waals surface area contributed by atoms with Crippen LogP contribution in [0.5, 0.6) is 0 Å². The molecule has 2 amide bonds. The van der Waals surface area contributed by atoms with E-state index in [2.05, 4.69) is 15.6 Å². The number of amides is 2. The van der Waals surface area contributed by atoms with Gasteiger partial charge >= 0.3 is 0 Å². The van der Waals surface area contributed by atoms with E-state index in [-0.39, 0.29) is 48.6 Å². The first-order chi connectivity index (χ1) is 13.1. The van der Waals surface area contributed by atoms with Gasteiger partial charge in [-0.3, -0.25) is 9.59 Å². The number of carbonyl (C=O) groups is 2. The maximum absolute atomic E-state index is 12.9. The zero-order chi connectivity index (χ0) is 18.8. The van der Waals surface area contributed by atoms with Crippen molar-refractivity contribution in [1.29, 1.82) is 0 Å². The fourth-order valence-electron chi connectivity index (χ4n) is 3.98. The number of hydrogen-bond donors (Lipinski definition) is 2. The number of furan rings is 1. The summed E-state index contributed by atoms with van der Waals surface area (Å²) in [4.78, 5) is 31.3. The van der Waals surface area contributed by atoms with Crippen LogP contribution in [0.1, 0.15) is 41.9 Å². The van der Waals surface area contributed by atoms with Gasteiger partial charge in [0.1, 0.15) is 5.52 Å². The number of halogens is 2. The van der Waals surface area contributed by atoms with Crippen molar-refractivity contribution in [2.75, 3.05) is 26.2 Å². The third kappa shape index (κ3) is 5.41. The average Bonchev–Trinajstić information content (AvgIpc) is 3.35. The predicted octanol–water partition coefficient (Wildman–Crippen LogP) is 2.70. The molecule has 2 unspecified atom stereocenters. The Bertz CT molecular complexity index is 851. The number of rotatable bonds is 4. The summed E-state index contributed by atoms with van der Waals surface area (Å²) >= 11 is 0. The molecule has 0 aromatic carbocycles. The number of hydrogen-bond acceptors (Lipinski definition) is 5. The summed E-state index contributed by atoms with van der Waals surface area (Å²) in [5.74, 6) is 0.592. The predicted molar refractivity (Wildman–Crippen MR) is 116 cm³/mol. The molecule has 2 aliphatic rings. The summed E-state index contributed by atoms with van der Waals surface area (Å²) in [5.41, 5.74) is 2.24. The van der Waals surface area contributed by atoms with E-state index >= 15 is 0 Å². The van der Waals surface area contributed by atoms with Gasteiger partial charge in [0.2, 0.25) is 5.91 Å². The number of pyridine rings is 1. The minimum Gasteiger partial charge on any atom is -0.449 e. The van der Waals surface area contributed by atoms with Crippen molar-refractivity contribution in [3.63, 3.8) is 0 Å². The van der Waals surface area contributed by atoms with Crippen LogP contribution in [0.15, 0.2) is 22.6 Å². The van der Waals surface area contributed by atoms with Gasteiger partial charge in [-0.15, -0.1) is 24.8 Å². The standard InChI is InChI=1S/C20H26N4O3.2ClH/c1-13-6-7-17-16(23-13)10-18(27-17)20(26)24-9-3-4-14(12-24)11-22-19(25)15-5-2-8-21-15;;/h6-7,10,14-15,21H,2-5,8-9,11-12H2,1H3,(H,22,25);2*1H. The van der Waals surface area contributed by atoms with Crippen LogP contribution in [-0.2, 0) is 4.79 Å². The Balaban J connectivity index is 0.00000150. The summed E-state index contributed by atoms with van der Waals surface area (Å²) in [5, 5.41) is 6.26. The van der Waals surface area contributed by atoms with Gasteiger partial charge in [-0.25, -0.2) is 4.98 Å². The van der Waals surface area contributed by atoms with E-state index in [1.807, 2.05) is 24.0 Å².